The second kappa shape index (κ2) is 8.71. The van der Waals surface area contributed by atoms with Crippen LogP contribution in [0.3, 0.4) is 0 Å². The van der Waals surface area contributed by atoms with Gasteiger partial charge in [0.15, 0.2) is 0 Å². The molecule has 2 heterocycles. The lowest BCUT2D eigenvalue weighted by Crippen LogP contribution is -2.47. The summed E-state index contributed by atoms with van der Waals surface area (Å²) in [7, 11) is 0. The van der Waals surface area contributed by atoms with Gasteiger partial charge in [-0.05, 0) is 44.0 Å². The molecule has 1 saturated heterocycles. The lowest BCUT2D eigenvalue weighted by Gasteiger charge is -2.32. The third kappa shape index (κ3) is 4.35. The zero-order chi connectivity index (χ0) is 22.0. The number of aryl methyl sites for hydroxylation is 1. The zero-order valence-corrected chi connectivity index (χ0v) is 17.5. The molecule has 7 nitrogen and oxygen atoms in total. The van der Waals surface area contributed by atoms with Gasteiger partial charge in [-0.25, -0.2) is 0 Å². The predicted molar refractivity (Wildman–Crippen MR) is 115 cm³/mol. The van der Waals surface area contributed by atoms with E-state index in [4.69, 9.17) is 0 Å². The summed E-state index contributed by atoms with van der Waals surface area (Å²) in [4.78, 5) is 52.7. The molecule has 31 heavy (non-hydrogen) atoms. The number of nitrogens with one attached hydrogen (secondary N) is 1. The van der Waals surface area contributed by atoms with Crippen molar-refractivity contribution in [2.75, 3.05) is 19.6 Å². The van der Waals surface area contributed by atoms with E-state index in [1.807, 2.05) is 36.1 Å². The van der Waals surface area contributed by atoms with E-state index < -0.39 is 0 Å². The average molecular weight is 419 g/mol. The number of fused-ring (bicyclic) bond motifs is 1. The lowest BCUT2D eigenvalue weighted by molar-refractivity contribution is -0.122. The Balaban J connectivity index is 1.24. The molecule has 0 saturated carbocycles. The van der Waals surface area contributed by atoms with Gasteiger partial charge in [-0.1, -0.05) is 29.8 Å². The van der Waals surface area contributed by atoms with Gasteiger partial charge in [-0.2, -0.15) is 0 Å². The van der Waals surface area contributed by atoms with Gasteiger partial charge in [0.2, 0.25) is 5.91 Å². The van der Waals surface area contributed by atoms with E-state index in [2.05, 4.69) is 5.32 Å². The van der Waals surface area contributed by atoms with Crippen molar-refractivity contribution in [3.05, 3.63) is 70.8 Å². The molecular formula is C24H25N3O4. The van der Waals surface area contributed by atoms with Gasteiger partial charge in [-0.15, -0.1) is 0 Å². The maximum atomic E-state index is 12.6. The molecule has 0 radical (unpaired) electrons. The Morgan fingerprint density at radius 1 is 0.935 bits per heavy atom. The van der Waals surface area contributed by atoms with Crippen LogP contribution in [0.2, 0.25) is 0 Å². The molecule has 0 aromatic heterocycles. The minimum Gasteiger partial charge on any atom is -0.353 e. The third-order valence-corrected chi connectivity index (χ3v) is 5.89. The van der Waals surface area contributed by atoms with Crippen molar-refractivity contribution >= 4 is 23.6 Å². The highest BCUT2D eigenvalue weighted by Crippen LogP contribution is 2.22. The second-order valence-electron chi connectivity index (χ2n) is 8.06. The standard InChI is InChI=1S/C24H25N3O4/c1-16-6-8-17(9-7-16)22(29)26-13-10-18(11-14-26)25-21(28)12-15-27-23(30)19-4-2-3-5-20(19)24(27)31/h2-9,18H,10-15H2,1H3,(H,25,28). The van der Waals surface area contributed by atoms with Crippen LogP contribution < -0.4 is 5.32 Å². The quantitative estimate of drug-likeness (QED) is 0.754. The number of imide groups is 1. The van der Waals surface area contributed by atoms with E-state index in [1.54, 1.807) is 24.3 Å². The van der Waals surface area contributed by atoms with Crippen molar-refractivity contribution < 1.29 is 19.2 Å². The van der Waals surface area contributed by atoms with E-state index in [1.165, 1.54) is 0 Å². The summed E-state index contributed by atoms with van der Waals surface area (Å²) >= 11 is 0. The molecule has 2 aromatic carbocycles. The van der Waals surface area contributed by atoms with E-state index in [0.29, 0.717) is 42.6 Å². The Morgan fingerprint density at radius 3 is 2.10 bits per heavy atom. The summed E-state index contributed by atoms with van der Waals surface area (Å²) in [5.41, 5.74) is 2.56. The van der Waals surface area contributed by atoms with E-state index in [9.17, 15) is 19.2 Å². The summed E-state index contributed by atoms with van der Waals surface area (Å²) in [5.74, 6) is -0.886. The first-order chi connectivity index (χ1) is 14.9. The maximum Gasteiger partial charge on any atom is 0.261 e. The Hall–Kier alpha value is -3.48. The fraction of sp³-hybridized carbons (Fsp3) is 0.333. The molecule has 2 aliphatic heterocycles. The normalized spacial score (nSPS) is 16.4. The topological polar surface area (TPSA) is 86.8 Å². The van der Waals surface area contributed by atoms with Gasteiger partial charge in [0.25, 0.3) is 17.7 Å². The first-order valence-electron chi connectivity index (χ1n) is 10.5. The molecule has 0 aliphatic carbocycles. The van der Waals surface area contributed by atoms with Crippen LogP contribution in [0.1, 0.15) is 55.9 Å². The highest BCUT2D eigenvalue weighted by atomic mass is 16.2. The number of carbonyl (C=O) groups is 4. The van der Waals surface area contributed by atoms with Crippen LogP contribution in [0.25, 0.3) is 0 Å². The molecular weight excluding hydrogens is 394 g/mol. The first kappa shape index (κ1) is 20.8. The summed E-state index contributed by atoms with van der Waals surface area (Å²) in [6.07, 6.45) is 1.42. The molecule has 0 spiro atoms. The highest BCUT2D eigenvalue weighted by molar-refractivity contribution is 6.21. The Kier molecular flexibility index (Phi) is 5.84. The van der Waals surface area contributed by atoms with E-state index >= 15 is 0 Å². The van der Waals surface area contributed by atoms with Crippen LogP contribution in [-0.2, 0) is 4.79 Å². The van der Waals surface area contributed by atoms with Crippen LogP contribution in [-0.4, -0.2) is 59.1 Å². The molecule has 0 bridgehead atoms. The second-order valence-corrected chi connectivity index (χ2v) is 8.06. The summed E-state index contributed by atoms with van der Waals surface area (Å²) in [6.45, 7) is 3.20. The van der Waals surface area contributed by atoms with Crippen molar-refractivity contribution in [3.8, 4) is 0 Å². The highest BCUT2D eigenvalue weighted by Gasteiger charge is 2.35. The van der Waals surface area contributed by atoms with Crippen molar-refractivity contribution in [3.63, 3.8) is 0 Å². The molecule has 4 rings (SSSR count). The van der Waals surface area contributed by atoms with Crippen LogP contribution in [0.15, 0.2) is 48.5 Å². The summed E-state index contributed by atoms with van der Waals surface area (Å²) in [6, 6.07) is 14.2. The predicted octanol–water partition coefficient (Wildman–Crippen LogP) is 2.40. The van der Waals surface area contributed by atoms with E-state index in [0.717, 1.165) is 10.5 Å². The molecule has 4 amide bonds. The average Bonchev–Trinajstić information content (AvgIpc) is 3.03. The molecule has 0 unspecified atom stereocenters. The molecule has 1 fully saturated rings. The monoisotopic (exact) mass is 419 g/mol. The van der Waals surface area contributed by atoms with Gasteiger partial charge in [0.05, 0.1) is 11.1 Å². The molecule has 2 aliphatic rings. The number of hydrogen-bond donors (Lipinski definition) is 1. The first-order valence-corrected chi connectivity index (χ1v) is 10.5. The Morgan fingerprint density at radius 2 is 1.52 bits per heavy atom. The van der Waals surface area contributed by atoms with Crippen molar-refractivity contribution in [2.45, 2.75) is 32.2 Å². The number of carbonyl (C=O) groups excluding carboxylic acids is 4. The molecule has 2 aromatic rings. The van der Waals surface area contributed by atoms with Crippen LogP contribution in [0.5, 0.6) is 0 Å². The number of benzene rings is 2. The molecule has 7 heteroatoms. The Labute approximate surface area is 181 Å². The number of rotatable bonds is 5. The summed E-state index contributed by atoms with van der Waals surface area (Å²) < 4.78 is 0. The van der Waals surface area contributed by atoms with Crippen molar-refractivity contribution in [1.82, 2.24) is 15.1 Å². The number of piperidine rings is 1. The number of hydrogen-bond acceptors (Lipinski definition) is 4. The van der Waals surface area contributed by atoms with Crippen molar-refractivity contribution in [2.24, 2.45) is 0 Å². The van der Waals surface area contributed by atoms with Gasteiger partial charge in [0, 0.05) is 37.7 Å². The number of amides is 4. The fourth-order valence-electron chi connectivity index (χ4n) is 4.06. The molecule has 1 N–H and O–H groups in total. The zero-order valence-electron chi connectivity index (χ0n) is 17.5. The minimum atomic E-state index is -0.351. The third-order valence-electron chi connectivity index (χ3n) is 5.89. The largest absolute Gasteiger partial charge is 0.353 e. The number of likely N-dealkylation sites (tertiary alicyclic amines) is 1. The number of nitrogens with zero attached hydrogens (tertiary/aromatic N) is 2. The SMILES string of the molecule is Cc1ccc(C(=O)N2CCC(NC(=O)CCN3C(=O)c4ccccc4C3=O)CC2)cc1. The maximum absolute atomic E-state index is 12.6. The minimum absolute atomic E-state index is 0.00963. The molecule has 0 atom stereocenters. The van der Waals surface area contributed by atoms with Gasteiger partial charge in [-0.3, -0.25) is 24.1 Å². The van der Waals surface area contributed by atoms with Gasteiger partial charge < -0.3 is 10.2 Å². The van der Waals surface area contributed by atoms with Gasteiger partial charge in [0.1, 0.15) is 0 Å². The van der Waals surface area contributed by atoms with Crippen LogP contribution in [0, 0.1) is 6.92 Å². The van der Waals surface area contributed by atoms with Crippen LogP contribution >= 0.6 is 0 Å². The van der Waals surface area contributed by atoms with Crippen LogP contribution in [0.4, 0.5) is 0 Å². The lowest BCUT2D eigenvalue weighted by atomic mass is 10.0. The van der Waals surface area contributed by atoms with Crippen molar-refractivity contribution in [1.29, 1.82) is 0 Å². The van der Waals surface area contributed by atoms with E-state index in [-0.39, 0.29) is 42.6 Å². The Bertz CT molecular complexity index is 988. The van der Waals surface area contributed by atoms with Gasteiger partial charge >= 0.3 is 0 Å². The summed E-state index contributed by atoms with van der Waals surface area (Å²) in [5, 5.41) is 2.97. The fourth-order valence-corrected chi connectivity index (χ4v) is 4.06. The molecule has 160 valence electrons. The smallest absolute Gasteiger partial charge is 0.261 e.